The monoisotopic (exact) mass is 356 g/mol. The Morgan fingerprint density at radius 1 is 1.24 bits per heavy atom. The van der Waals surface area contributed by atoms with Crippen molar-refractivity contribution in [3.05, 3.63) is 24.3 Å². The summed E-state index contributed by atoms with van der Waals surface area (Å²) in [6.07, 6.45) is 0.509. The van der Waals surface area contributed by atoms with E-state index in [1.54, 1.807) is 11.9 Å². The van der Waals surface area contributed by atoms with Crippen LogP contribution in [0.25, 0.3) is 0 Å². The summed E-state index contributed by atoms with van der Waals surface area (Å²) in [4.78, 5) is 16.1. The van der Waals surface area contributed by atoms with Gasteiger partial charge >= 0.3 is 132 Å². The van der Waals surface area contributed by atoms with Crippen LogP contribution in [-0.4, -0.2) is 58.5 Å². The number of carbonyl (C=O) groups is 1. The molecular weight excluding hydrogens is 333 g/mol. The summed E-state index contributed by atoms with van der Waals surface area (Å²) in [6.45, 7) is 6.89. The maximum atomic E-state index is 12.2. The van der Waals surface area contributed by atoms with Gasteiger partial charge in [0.1, 0.15) is 0 Å². The quantitative estimate of drug-likeness (QED) is 0.408. The molecule has 0 aliphatic carbocycles. The number of amides is 1. The van der Waals surface area contributed by atoms with Crippen molar-refractivity contribution in [3.63, 3.8) is 0 Å². The van der Waals surface area contributed by atoms with Crippen LogP contribution >= 0.6 is 0 Å². The van der Waals surface area contributed by atoms with Gasteiger partial charge in [0.05, 0.1) is 0 Å². The molecule has 1 aromatic rings. The predicted molar refractivity (Wildman–Crippen MR) is 82.4 cm³/mol. The number of rotatable bonds is 9. The predicted octanol–water partition coefficient (Wildman–Crippen LogP) is 1.05. The van der Waals surface area contributed by atoms with E-state index in [9.17, 15) is 4.79 Å². The average molecular weight is 355 g/mol. The first-order valence-corrected chi connectivity index (χ1v) is 8.85. The van der Waals surface area contributed by atoms with Crippen molar-refractivity contribution in [2.24, 2.45) is 0 Å². The van der Waals surface area contributed by atoms with Gasteiger partial charge in [-0.3, -0.25) is 0 Å². The zero-order valence-corrected chi connectivity index (χ0v) is 14.8. The van der Waals surface area contributed by atoms with Gasteiger partial charge in [0.15, 0.2) is 0 Å². The van der Waals surface area contributed by atoms with Crippen molar-refractivity contribution in [3.8, 4) is 0 Å². The van der Waals surface area contributed by atoms with Gasteiger partial charge in [0.2, 0.25) is 0 Å². The van der Waals surface area contributed by atoms with E-state index in [4.69, 9.17) is 5.26 Å². The summed E-state index contributed by atoms with van der Waals surface area (Å²) >= 11 is -0.958. The summed E-state index contributed by atoms with van der Waals surface area (Å²) in [5, 5.41) is 11.8. The molecule has 21 heavy (non-hydrogen) atoms. The van der Waals surface area contributed by atoms with E-state index in [0.29, 0.717) is 6.42 Å². The van der Waals surface area contributed by atoms with Crippen LogP contribution in [0.4, 0.5) is 5.69 Å². The molecule has 1 aromatic carbocycles. The van der Waals surface area contributed by atoms with Crippen molar-refractivity contribution in [2.45, 2.75) is 20.3 Å². The second kappa shape index (κ2) is 9.91. The van der Waals surface area contributed by atoms with E-state index in [0.717, 1.165) is 29.7 Å². The van der Waals surface area contributed by atoms with Crippen molar-refractivity contribution in [2.75, 3.05) is 31.6 Å². The van der Waals surface area contributed by atoms with E-state index in [-0.39, 0.29) is 5.91 Å². The second-order valence-corrected chi connectivity index (χ2v) is 6.53. The molecule has 0 aliphatic rings. The van der Waals surface area contributed by atoms with E-state index < -0.39 is 15.8 Å². The van der Waals surface area contributed by atoms with Crippen LogP contribution in [0.3, 0.4) is 0 Å². The Bertz CT molecular complexity index is 423. The molecule has 0 spiro atoms. The number of benzene rings is 1. The van der Waals surface area contributed by atoms with Gasteiger partial charge in [-0.15, -0.1) is 0 Å². The number of hydrogen-bond acceptors (Lipinski definition) is 5. The van der Waals surface area contributed by atoms with Gasteiger partial charge in [-0.25, -0.2) is 0 Å². The number of carbonyl (C=O) groups excluding carboxylic acids is 1. The third-order valence-electron chi connectivity index (χ3n) is 3.36. The first kappa shape index (κ1) is 18.1. The molecule has 1 N–H and O–H groups in total. The molecule has 0 unspecified atom stereocenters. The Kier molecular flexibility index (Phi) is 8.55. The third kappa shape index (κ3) is 6.15. The SMILES string of the molecule is CCN(CC)CCC(=O)N(C)c1cc[c]([Ge][O]OO)cc1. The second-order valence-electron chi connectivity index (χ2n) is 4.54. The minimum atomic E-state index is -0.958. The zero-order chi connectivity index (χ0) is 15.7. The Labute approximate surface area is 132 Å². The molecule has 0 fully saturated rings. The topological polar surface area (TPSA) is 62.2 Å². The first-order valence-electron chi connectivity index (χ1n) is 6.94. The standard InChI is InChI=1S/C14H22GeN2O4/c1-4-17(5-2)11-10-14(18)16(3)13-8-6-12(7-9-13)15-20-21-19/h6-9,19H,4-5,10-11H2,1-3H3. The van der Waals surface area contributed by atoms with E-state index in [1.807, 2.05) is 24.3 Å². The van der Waals surface area contributed by atoms with Gasteiger partial charge < -0.3 is 0 Å². The van der Waals surface area contributed by atoms with Crippen LogP contribution < -0.4 is 9.30 Å². The van der Waals surface area contributed by atoms with Crippen LogP contribution in [0.1, 0.15) is 20.3 Å². The molecule has 0 heterocycles. The van der Waals surface area contributed by atoms with Gasteiger partial charge in [0, 0.05) is 0 Å². The molecule has 2 radical (unpaired) electrons. The summed E-state index contributed by atoms with van der Waals surface area (Å²) in [6, 6.07) is 7.49. The normalized spacial score (nSPS) is 10.9. The van der Waals surface area contributed by atoms with Crippen LogP contribution in [-0.2, 0) is 13.7 Å². The van der Waals surface area contributed by atoms with E-state index >= 15 is 0 Å². The molecule has 0 atom stereocenters. The fourth-order valence-electron chi connectivity index (χ4n) is 1.93. The molecule has 1 rings (SSSR count). The van der Waals surface area contributed by atoms with Crippen molar-refractivity contribution in [1.29, 1.82) is 0 Å². The molecule has 0 aliphatic heterocycles. The van der Waals surface area contributed by atoms with Crippen molar-refractivity contribution in [1.82, 2.24) is 4.90 Å². The van der Waals surface area contributed by atoms with Gasteiger partial charge in [-0.05, 0) is 0 Å². The molecule has 0 saturated heterocycles. The van der Waals surface area contributed by atoms with Crippen molar-refractivity contribution < 1.29 is 19.0 Å². The first-order chi connectivity index (χ1) is 10.1. The van der Waals surface area contributed by atoms with Gasteiger partial charge in [-0.1, -0.05) is 0 Å². The average Bonchev–Trinajstić information content (AvgIpc) is 2.53. The Morgan fingerprint density at radius 3 is 2.38 bits per heavy atom. The van der Waals surface area contributed by atoms with Crippen LogP contribution in [0.5, 0.6) is 0 Å². The van der Waals surface area contributed by atoms with Gasteiger partial charge in [0.25, 0.3) is 0 Å². The Hall–Kier alpha value is -0.927. The van der Waals surface area contributed by atoms with Crippen LogP contribution in [0.2, 0.25) is 0 Å². The summed E-state index contributed by atoms with van der Waals surface area (Å²) in [5.74, 6) is 0.0978. The molecular formula is C14H22GeN2O4. The molecule has 0 bridgehead atoms. The van der Waals surface area contributed by atoms with E-state index in [2.05, 4.69) is 27.7 Å². The maximum absolute atomic E-state index is 12.2. The number of anilines is 1. The summed E-state index contributed by atoms with van der Waals surface area (Å²) in [7, 11) is 1.78. The molecule has 0 saturated carbocycles. The zero-order valence-electron chi connectivity index (χ0n) is 12.7. The van der Waals surface area contributed by atoms with Crippen molar-refractivity contribution >= 4 is 31.8 Å². The molecule has 6 nitrogen and oxygen atoms in total. The van der Waals surface area contributed by atoms with Crippen LogP contribution in [0.15, 0.2) is 24.3 Å². The van der Waals surface area contributed by atoms with E-state index in [1.165, 1.54) is 0 Å². The fourth-order valence-corrected chi connectivity index (χ4v) is 2.84. The summed E-state index contributed by atoms with van der Waals surface area (Å²) in [5.41, 5.74) is 0.847. The minimum absolute atomic E-state index is 0.0978. The number of nitrogens with zero attached hydrogens (tertiary/aromatic N) is 2. The Morgan fingerprint density at radius 2 is 1.86 bits per heavy atom. The Balaban J connectivity index is 2.53. The fraction of sp³-hybridized carbons (Fsp3) is 0.500. The van der Waals surface area contributed by atoms with Crippen LogP contribution in [0, 0.1) is 0 Å². The third-order valence-corrected chi connectivity index (χ3v) is 4.89. The summed E-state index contributed by atoms with van der Waals surface area (Å²) < 4.78 is 5.52. The molecule has 0 aromatic heterocycles. The molecule has 1 amide bonds. The number of hydrogen-bond donors (Lipinski definition) is 1. The molecule has 7 heteroatoms. The molecule has 116 valence electrons. The van der Waals surface area contributed by atoms with Gasteiger partial charge in [-0.2, -0.15) is 0 Å².